The molecule has 2 amide bonds. The van der Waals surface area contributed by atoms with Gasteiger partial charge in [0, 0.05) is 13.7 Å². The molecule has 0 saturated heterocycles. The zero-order valence-electron chi connectivity index (χ0n) is 10.1. The van der Waals surface area contributed by atoms with Gasteiger partial charge in [-0.2, -0.15) is 0 Å². The highest BCUT2D eigenvalue weighted by Crippen LogP contribution is 2.34. The molecule has 0 aromatic carbocycles. The first kappa shape index (κ1) is 13.3. The SMILES string of the molecule is CCC(CO)NC(=O)NCC1(OC)CCC1. The maximum absolute atomic E-state index is 11.5. The highest BCUT2D eigenvalue weighted by Gasteiger charge is 2.37. The van der Waals surface area contributed by atoms with Gasteiger partial charge in [-0.3, -0.25) is 0 Å². The third kappa shape index (κ3) is 3.35. The van der Waals surface area contributed by atoms with E-state index >= 15 is 0 Å². The second-order valence-corrected chi connectivity index (χ2v) is 4.36. The number of carbonyl (C=O) groups is 1. The number of aliphatic hydroxyl groups is 1. The monoisotopic (exact) mass is 230 g/mol. The molecular formula is C11H22N2O3. The van der Waals surface area contributed by atoms with E-state index in [1.165, 1.54) is 0 Å². The Morgan fingerprint density at radius 1 is 1.56 bits per heavy atom. The molecule has 0 bridgehead atoms. The highest BCUT2D eigenvalue weighted by molar-refractivity contribution is 5.74. The molecule has 1 unspecified atom stereocenters. The van der Waals surface area contributed by atoms with E-state index in [-0.39, 0.29) is 24.3 Å². The van der Waals surface area contributed by atoms with Crippen LogP contribution in [-0.2, 0) is 4.74 Å². The first-order valence-electron chi connectivity index (χ1n) is 5.86. The van der Waals surface area contributed by atoms with Crippen molar-refractivity contribution in [1.29, 1.82) is 0 Å². The lowest BCUT2D eigenvalue weighted by atomic mass is 9.80. The molecular weight excluding hydrogens is 208 g/mol. The quantitative estimate of drug-likeness (QED) is 0.626. The summed E-state index contributed by atoms with van der Waals surface area (Å²) in [5.74, 6) is 0. The smallest absolute Gasteiger partial charge is 0.315 e. The summed E-state index contributed by atoms with van der Waals surface area (Å²) < 4.78 is 5.39. The number of rotatable bonds is 6. The average Bonchev–Trinajstić information content (AvgIpc) is 2.25. The van der Waals surface area contributed by atoms with Crippen molar-refractivity contribution in [2.45, 2.75) is 44.2 Å². The van der Waals surface area contributed by atoms with Gasteiger partial charge < -0.3 is 20.5 Å². The topological polar surface area (TPSA) is 70.6 Å². The van der Waals surface area contributed by atoms with Crippen LogP contribution in [0.5, 0.6) is 0 Å². The van der Waals surface area contributed by atoms with E-state index in [1.54, 1.807) is 7.11 Å². The number of hydrogen-bond acceptors (Lipinski definition) is 3. The maximum Gasteiger partial charge on any atom is 0.315 e. The van der Waals surface area contributed by atoms with Crippen LogP contribution in [0.3, 0.4) is 0 Å². The fraction of sp³-hybridized carbons (Fsp3) is 0.909. The van der Waals surface area contributed by atoms with Crippen molar-refractivity contribution >= 4 is 6.03 Å². The molecule has 0 aliphatic heterocycles. The maximum atomic E-state index is 11.5. The number of aliphatic hydroxyl groups excluding tert-OH is 1. The van der Waals surface area contributed by atoms with Crippen LogP contribution >= 0.6 is 0 Å². The van der Waals surface area contributed by atoms with Gasteiger partial charge in [-0.25, -0.2) is 4.79 Å². The predicted octanol–water partition coefficient (Wildman–Crippen LogP) is 0.626. The molecule has 5 heteroatoms. The number of urea groups is 1. The summed E-state index contributed by atoms with van der Waals surface area (Å²) >= 11 is 0. The molecule has 1 aliphatic rings. The van der Waals surface area contributed by atoms with Crippen molar-refractivity contribution in [2.75, 3.05) is 20.3 Å². The molecule has 0 spiro atoms. The van der Waals surface area contributed by atoms with E-state index in [9.17, 15) is 4.79 Å². The molecule has 16 heavy (non-hydrogen) atoms. The Kier molecular flexibility index (Phi) is 5.02. The number of amides is 2. The second kappa shape index (κ2) is 6.06. The molecule has 1 atom stereocenters. The summed E-state index contributed by atoms with van der Waals surface area (Å²) in [4.78, 5) is 11.5. The minimum atomic E-state index is -0.232. The van der Waals surface area contributed by atoms with E-state index in [0.29, 0.717) is 6.54 Å². The lowest BCUT2D eigenvalue weighted by Crippen LogP contribution is -2.53. The van der Waals surface area contributed by atoms with Gasteiger partial charge >= 0.3 is 6.03 Å². The number of ether oxygens (including phenoxy) is 1. The lowest BCUT2D eigenvalue weighted by Gasteiger charge is -2.40. The molecule has 1 rings (SSSR count). The molecule has 1 fully saturated rings. The van der Waals surface area contributed by atoms with Crippen LogP contribution in [0.25, 0.3) is 0 Å². The largest absolute Gasteiger partial charge is 0.394 e. The predicted molar refractivity (Wildman–Crippen MR) is 61.3 cm³/mol. The summed E-state index contributed by atoms with van der Waals surface area (Å²) in [6, 6.07) is -0.399. The summed E-state index contributed by atoms with van der Waals surface area (Å²) in [6.07, 6.45) is 3.88. The fourth-order valence-electron chi connectivity index (χ4n) is 1.78. The van der Waals surface area contributed by atoms with Crippen LogP contribution in [0.4, 0.5) is 4.79 Å². The first-order valence-corrected chi connectivity index (χ1v) is 5.86. The Labute approximate surface area is 96.6 Å². The summed E-state index contributed by atoms with van der Waals surface area (Å²) in [6.45, 7) is 2.43. The number of carbonyl (C=O) groups excluding carboxylic acids is 1. The number of hydrogen-bond donors (Lipinski definition) is 3. The molecule has 0 heterocycles. The minimum absolute atomic E-state index is 0.0284. The van der Waals surface area contributed by atoms with E-state index in [2.05, 4.69) is 10.6 Å². The van der Waals surface area contributed by atoms with Gasteiger partial charge in [0.2, 0.25) is 0 Å². The van der Waals surface area contributed by atoms with Crippen LogP contribution in [0.2, 0.25) is 0 Å². The van der Waals surface area contributed by atoms with Crippen LogP contribution < -0.4 is 10.6 Å². The minimum Gasteiger partial charge on any atom is -0.394 e. The van der Waals surface area contributed by atoms with Gasteiger partial charge in [-0.1, -0.05) is 6.92 Å². The molecule has 94 valence electrons. The molecule has 0 aromatic heterocycles. The molecule has 1 aliphatic carbocycles. The van der Waals surface area contributed by atoms with E-state index < -0.39 is 0 Å². The number of nitrogens with one attached hydrogen (secondary N) is 2. The second-order valence-electron chi connectivity index (χ2n) is 4.36. The van der Waals surface area contributed by atoms with Crippen LogP contribution in [-0.4, -0.2) is 43.0 Å². The van der Waals surface area contributed by atoms with Crippen molar-refractivity contribution in [2.24, 2.45) is 0 Å². The van der Waals surface area contributed by atoms with Gasteiger partial charge in [0.25, 0.3) is 0 Å². The Hall–Kier alpha value is -0.810. The summed E-state index contributed by atoms with van der Waals surface area (Å²) in [7, 11) is 1.68. The standard InChI is InChI=1S/C11H22N2O3/c1-3-9(7-14)13-10(15)12-8-11(16-2)5-4-6-11/h9,14H,3-8H2,1-2H3,(H2,12,13,15). The Balaban J connectivity index is 2.24. The zero-order valence-corrected chi connectivity index (χ0v) is 10.1. The third-order valence-electron chi connectivity index (χ3n) is 3.32. The van der Waals surface area contributed by atoms with E-state index in [1.807, 2.05) is 6.92 Å². The molecule has 3 N–H and O–H groups in total. The first-order chi connectivity index (χ1) is 7.65. The Bertz CT molecular complexity index is 220. The third-order valence-corrected chi connectivity index (χ3v) is 3.32. The summed E-state index contributed by atoms with van der Waals surface area (Å²) in [5.41, 5.74) is -0.154. The fourth-order valence-corrected chi connectivity index (χ4v) is 1.78. The highest BCUT2D eigenvalue weighted by atomic mass is 16.5. The zero-order chi connectivity index (χ0) is 12.0. The summed E-state index contributed by atoms with van der Waals surface area (Å²) in [5, 5.41) is 14.4. The molecule has 1 saturated carbocycles. The van der Waals surface area contributed by atoms with Gasteiger partial charge in [0.15, 0.2) is 0 Å². The van der Waals surface area contributed by atoms with Crippen molar-refractivity contribution in [3.8, 4) is 0 Å². The number of methoxy groups -OCH3 is 1. The van der Waals surface area contributed by atoms with Crippen molar-refractivity contribution in [3.63, 3.8) is 0 Å². The lowest BCUT2D eigenvalue weighted by molar-refractivity contribution is -0.0674. The van der Waals surface area contributed by atoms with E-state index in [4.69, 9.17) is 9.84 Å². The van der Waals surface area contributed by atoms with Gasteiger partial charge in [0.05, 0.1) is 18.2 Å². The van der Waals surface area contributed by atoms with Gasteiger partial charge in [0.1, 0.15) is 0 Å². The normalized spacial score (nSPS) is 19.7. The van der Waals surface area contributed by atoms with E-state index in [0.717, 1.165) is 25.7 Å². The van der Waals surface area contributed by atoms with Crippen LogP contribution in [0.15, 0.2) is 0 Å². The van der Waals surface area contributed by atoms with Crippen molar-refractivity contribution in [3.05, 3.63) is 0 Å². The molecule has 0 aromatic rings. The van der Waals surface area contributed by atoms with Crippen LogP contribution in [0, 0.1) is 0 Å². The Morgan fingerprint density at radius 2 is 2.25 bits per heavy atom. The van der Waals surface area contributed by atoms with Crippen LogP contribution in [0.1, 0.15) is 32.6 Å². The molecule has 5 nitrogen and oxygen atoms in total. The van der Waals surface area contributed by atoms with Gasteiger partial charge in [-0.05, 0) is 25.7 Å². The Morgan fingerprint density at radius 3 is 2.62 bits per heavy atom. The molecule has 0 radical (unpaired) electrons. The van der Waals surface area contributed by atoms with Crippen molar-refractivity contribution in [1.82, 2.24) is 10.6 Å². The van der Waals surface area contributed by atoms with Crippen molar-refractivity contribution < 1.29 is 14.6 Å². The average molecular weight is 230 g/mol. The van der Waals surface area contributed by atoms with Gasteiger partial charge in [-0.15, -0.1) is 0 Å².